The molecule has 2 nitrogen and oxygen atoms in total. The van der Waals surface area contributed by atoms with Gasteiger partial charge in [0.15, 0.2) is 0 Å². The third kappa shape index (κ3) is 48.0. The number of aryl methyl sites for hydroxylation is 4. The summed E-state index contributed by atoms with van der Waals surface area (Å²) in [6.07, 6.45) is 12.2. The van der Waals surface area contributed by atoms with E-state index in [-0.39, 0.29) is 12.0 Å². The molecule has 2 aliphatic rings. The second kappa shape index (κ2) is 73.4. The van der Waals surface area contributed by atoms with E-state index in [4.69, 9.17) is 9.84 Å². The van der Waals surface area contributed by atoms with Crippen LogP contribution in [0.4, 0.5) is 0 Å². The van der Waals surface area contributed by atoms with Gasteiger partial charge in [0, 0.05) is 0 Å². The molecule has 0 heterocycles. The second-order valence-corrected chi connectivity index (χ2v) is 29.6. The van der Waals surface area contributed by atoms with E-state index < -0.39 is 0 Å². The molecule has 10 unspecified atom stereocenters. The van der Waals surface area contributed by atoms with Crippen molar-refractivity contribution in [3.05, 3.63) is 277 Å². The predicted octanol–water partition coefficient (Wildman–Crippen LogP) is 35.7. The fraction of sp³-hybridized carbons (Fsp3) is 0.564. The van der Waals surface area contributed by atoms with Gasteiger partial charge in [0.25, 0.3) is 0 Å². The normalized spacial score (nSPS) is 14.8. The van der Waals surface area contributed by atoms with E-state index in [0.717, 1.165) is 47.8 Å². The number of hydrogen-bond donors (Lipinski definition) is 1. The summed E-state index contributed by atoms with van der Waals surface area (Å²) < 4.78 is 5.08. The topological polar surface area (TPSA) is 29.5 Å². The number of hydrogen-bond acceptors (Lipinski definition) is 2. The van der Waals surface area contributed by atoms with Crippen molar-refractivity contribution in [2.24, 2.45) is 17.8 Å². The molecule has 636 valence electrons. The molecule has 1 N–H and O–H groups in total. The molecular formula is C110H184O2. The molecule has 0 saturated carbocycles. The fourth-order valence-corrected chi connectivity index (χ4v) is 11.8. The third-order valence-corrected chi connectivity index (χ3v) is 21.2. The van der Waals surface area contributed by atoms with Crippen LogP contribution < -0.4 is 4.74 Å². The van der Waals surface area contributed by atoms with Crippen LogP contribution in [0.3, 0.4) is 0 Å². The molecule has 2 heteroatoms. The lowest BCUT2D eigenvalue weighted by Crippen LogP contribution is -2.20. The Morgan fingerprint density at radius 2 is 0.661 bits per heavy atom. The Bertz CT molecular complexity index is 3270. The van der Waals surface area contributed by atoms with Crippen molar-refractivity contribution in [1.29, 1.82) is 0 Å². The molecule has 0 spiro atoms. The Morgan fingerprint density at radius 1 is 0.339 bits per heavy atom. The number of methoxy groups -OCH3 is 1. The van der Waals surface area contributed by atoms with Gasteiger partial charge in [0.05, 0.1) is 13.7 Å². The van der Waals surface area contributed by atoms with Gasteiger partial charge in [-0.2, -0.15) is 0 Å². The predicted molar refractivity (Wildman–Crippen MR) is 516 cm³/mol. The van der Waals surface area contributed by atoms with Gasteiger partial charge in [-0.3, -0.25) is 0 Å². The minimum absolute atomic E-state index is 0.143. The van der Waals surface area contributed by atoms with Crippen molar-refractivity contribution in [2.75, 3.05) is 7.11 Å². The summed E-state index contributed by atoms with van der Waals surface area (Å²) in [5.74, 6) is 8.29. The largest absolute Gasteiger partial charge is 0.497 e. The van der Waals surface area contributed by atoms with Crippen molar-refractivity contribution >= 4 is 0 Å². The van der Waals surface area contributed by atoms with E-state index >= 15 is 0 Å². The summed E-state index contributed by atoms with van der Waals surface area (Å²) >= 11 is 0. The molecule has 0 amide bonds. The summed E-state index contributed by atoms with van der Waals surface area (Å²) in [4.78, 5) is 0. The van der Waals surface area contributed by atoms with E-state index in [1.807, 2.05) is 135 Å². The Balaban J connectivity index is -0.000000279. The van der Waals surface area contributed by atoms with Crippen LogP contribution in [0.15, 0.2) is 188 Å². The van der Waals surface area contributed by atoms with Gasteiger partial charge in [-0.1, -0.05) is 431 Å². The summed E-state index contributed by atoms with van der Waals surface area (Å²) in [6.45, 7) is 83.9. The minimum Gasteiger partial charge on any atom is -0.497 e. The maximum absolute atomic E-state index is 8.92. The van der Waals surface area contributed by atoms with Gasteiger partial charge in [-0.15, -0.1) is 0 Å². The van der Waals surface area contributed by atoms with E-state index in [1.54, 1.807) is 29.4 Å². The number of aliphatic hydroxyl groups excluding tert-OH is 1. The monoisotopic (exact) mass is 1540 g/mol. The first kappa shape index (κ1) is 116. The van der Waals surface area contributed by atoms with Crippen LogP contribution in [0.5, 0.6) is 5.75 Å². The van der Waals surface area contributed by atoms with E-state index in [0.29, 0.717) is 35.5 Å². The molecule has 0 saturated heterocycles. The Hall–Kier alpha value is -6.48. The number of ether oxygens (including phenoxy) is 1. The molecule has 0 aliphatic heterocycles. The Kier molecular flexibility index (Phi) is 76.3. The van der Waals surface area contributed by atoms with Crippen LogP contribution >= 0.6 is 0 Å². The van der Waals surface area contributed by atoms with Gasteiger partial charge >= 0.3 is 0 Å². The summed E-state index contributed by atoms with van der Waals surface area (Å²) in [7, 11) is 1.69. The van der Waals surface area contributed by atoms with Crippen molar-refractivity contribution in [2.45, 2.75) is 388 Å². The van der Waals surface area contributed by atoms with Crippen molar-refractivity contribution in [3.8, 4) is 5.75 Å². The lowest BCUT2D eigenvalue weighted by atomic mass is 9.78. The zero-order valence-corrected chi connectivity index (χ0v) is 81.3. The highest BCUT2D eigenvalue weighted by Crippen LogP contribution is 2.37. The SMILES string of the molecule is CC.CC.CC.CC.CC.CC.CC.CC.CC1Cc2ccccc2C1C.CC1Cc2ccccc2CC1C.CCC(C)c1ccc(C)c(C)c1.CCC(C)c1ccc(C)cc1.CCC(C)c1ccc(OC)cc1.CCC(C)c1cccc(C(C)(C)C)c1.CCC(C)c1cccc(CO)c1.CCc1cccc(C(C)CC)c1. The number of rotatable bonds is 15. The zero-order chi connectivity index (χ0) is 87.5. The molecule has 10 atom stereocenters. The molecule has 2 aliphatic carbocycles. The summed E-state index contributed by atoms with van der Waals surface area (Å²) in [6, 6.07) is 67.6. The minimum atomic E-state index is 0.143. The summed E-state index contributed by atoms with van der Waals surface area (Å²) in [5.41, 5.74) is 23.2. The zero-order valence-electron chi connectivity index (χ0n) is 81.3. The molecule has 112 heavy (non-hydrogen) atoms. The van der Waals surface area contributed by atoms with E-state index in [2.05, 4.69) is 323 Å². The Labute approximate surface area is 700 Å². The molecule has 0 aromatic heterocycles. The maximum atomic E-state index is 8.92. The van der Waals surface area contributed by atoms with Crippen molar-refractivity contribution < 1.29 is 9.84 Å². The van der Waals surface area contributed by atoms with Crippen LogP contribution in [0.25, 0.3) is 0 Å². The first-order valence-electron chi connectivity index (χ1n) is 45.5. The highest BCUT2D eigenvalue weighted by Gasteiger charge is 2.25. The smallest absolute Gasteiger partial charge is 0.118 e. The second-order valence-electron chi connectivity index (χ2n) is 29.6. The lowest BCUT2D eigenvalue weighted by molar-refractivity contribution is 0.281. The molecule has 10 rings (SSSR count). The van der Waals surface area contributed by atoms with Crippen LogP contribution in [-0.4, -0.2) is 12.2 Å². The Morgan fingerprint density at radius 3 is 1.02 bits per heavy atom. The first-order chi connectivity index (χ1) is 53.7. The molecule has 8 aromatic rings. The van der Waals surface area contributed by atoms with E-state index in [1.165, 1.54) is 113 Å². The number of benzene rings is 8. The van der Waals surface area contributed by atoms with Crippen LogP contribution in [0.1, 0.15) is 418 Å². The van der Waals surface area contributed by atoms with Crippen molar-refractivity contribution in [3.63, 3.8) is 0 Å². The summed E-state index contributed by atoms with van der Waals surface area (Å²) in [5, 5.41) is 8.92. The molecule has 8 aromatic carbocycles. The van der Waals surface area contributed by atoms with Gasteiger partial charge in [0.1, 0.15) is 5.75 Å². The number of fused-ring (bicyclic) bond motifs is 2. The van der Waals surface area contributed by atoms with E-state index in [9.17, 15) is 0 Å². The number of aliphatic hydroxyl groups is 1. The van der Waals surface area contributed by atoms with Crippen molar-refractivity contribution in [1.82, 2.24) is 0 Å². The fourth-order valence-electron chi connectivity index (χ4n) is 11.8. The molecular weight excluding hydrogens is 1350 g/mol. The third-order valence-electron chi connectivity index (χ3n) is 21.2. The maximum Gasteiger partial charge on any atom is 0.118 e. The van der Waals surface area contributed by atoms with Gasteiger partial charge < -0.3 is 9.84 Å². The lowest BCUT2D eigenvalue weighted by Gasteiger charge is -2.27. The highest BCUT2D eigenvalue weighted by atomic mass is 16.5. The molecule has 0 bridgehead atoms. The molecule has 0 radical (unpaired) electrons. The van der Waals surface area contributed by atoms with Crippen LogP contribution in [-0.2, 0) is 37.7 Å². The van der Waals surface area contributed by atoms with Gasteiger partial charge in [-0.25, -0.2) is 0 Å². The average Bonchev–Trinajstić information content (AvgIpc) is 1.74. The highest BCUT2D eigenvalue weighted by molar-refractivity contribution is 5.37. The standard InChI is InChI=1S/C14H22.C12H16.2C12H18.2C11H16O.C11H14.C11H16.8C2H6/c1-6-11(2)12-8-7-9-13(10-12)14(3,4)5;1-9-7-11-5-3-4-6-12(11)8-10(9)2;1-5-9(2)12-7-6-10(3)11(4)8-12;1-4-10(3)12-8-6-7-11(5-2)9-12;1-4-9(2)10-5-7-11(12-3)8-6-10;1-3-9(2)11-6-4-5-10(7-11)8-12;1-8-7-10-5-3-4-6-11(10)9(8)2;1-4-10(3)11-7-5-9(2)6-8-11;8*1-2/h7-11H,6H2,1-5H3;3-6,9-10H,7-8H2,1-2H3;6-9H,5H2,1-4H3;6-10H,4-5H2,1-3H3;5-9H,4H2,1-3H3;4-7,9,12H,3,8H2,1-2H3;3-6,8-9H,7H2,1-2H3;5-8,10H,4H2,1-3H3;8*1-2H3. The van der Waals surface area contributed by atoms with Crippen LogP contribution in [0, 0.1) is 38.5 Å². The van der Waals surface area contributed by atoms with Gasteiger partial charge in [-0.05, 0) is 245 Å². The average molecular weight is 1540 g/mol. The quantitative estimate of drug-likeness (QED) is 0.111. The first-order valence-corrected chi connectivity index (χ1v) is 45.5. The molecule has 0 fully saturated rings. The van der Waals surface area contributed by atoms with Gasteiger partial charge in [0.2, 0.25) is 0 Å². The van der Waals surface area contributed by atoms with Crippen LogP contribution in [0.2, 0.25) is 0 Å².